The minimum Gasteiger partial charge on any atom is -0.494 e. The molecule has 0 aromatic heterocycles. The third-order valence-corrected chi connectivity index (χ3v) is 5.87. The fraction of sp³-hybridized carbons (Fsp3) is 0.281. The zero-order valence-corrected chi connectivity index (χ0v) is 22.4. The van der Waals surface area contributed by atoms with Crippen LogP contribution in [0.1, 0.15) is 64.4 Å². The molecule has 0 heterocycles. The van der Waals surface area contributed by atoms with Crippen LogP contribution >= 0.6 is 0 Å². The van der Waals surface area contributed by atoms with Crippen molar-refractivity contribution in [2.24, 2.45) is 0 Å². The topological polar surface area (TPSA) is 88.1 Å². The molecule has 3 rings (SSSR count). The van der Waals surface area contributed by atoms with E-state index < -0.39 is 17.9 Å². The maximum absolute atomic E-state index is 12.6. The maximum atomic E-state index is 12.6. The van der Waals surface area contributed by atoms with Gasteiger partial charge in [0.15, 0.2) is 0 Å². The molecule has 0 aliphatic carbocycles. The summed E-state index contributed by atoms with van der Waals surface area (Å²) in [6.45, 7) is 8.02. The first-order valence-corrected chi connectivity index (χ1v) is 13.1. The lowest BCUT2D eigenvalue weighted by atomic mass is 10.1. The molecule has 0 saturated heterocycles. The van der Waals surface area contributed by atoms with Gasteiger partial charge in [0.25, 0.3) is 0 Å². The molecule has 0 atom stereocenters. The van der Waals surface area contributed by atoms with Gasteiger partial charge in [-0.3, -0.25) is 0 Å². The molecule has 3 aromatic rings. The lowest BCUT2D eigenvalue weighted by molar-refractivity contribution is -0.137. The second kappa shape index (κ2) is 15.1. The fourth-order valence-electron chi connectivity index (χ4n) is 3.63. The van der Waals surface area contributed by atoms with E-state index in [4.69, 9.17) is 18.9 Å². The van der Waals surface area contributed by atoms with Crippen molar-refractivity contribution in [3.8, 4) is 17.2 Å². The van der Waals surface area contributed by atoms with Crippen LogP contribution < -0.4 is 14.2 Å². The van der Waals surface area contributed by atoms with E-state index in [1.165, 1.54) is 5.56 Å². The highest BCUT2D eigenvalue weighted by Gasteiger charge is 2.14. The molecule has 3 aromatic carbocycles. The average molecular weight is 531 g/mol. The lowest BCUT2D eigenvalue weighted by Gasteiger charge is -2.10. The summed E-state index contributed by atoms with van der Waals surface area (Å²) in [4.78, 5) is 36.2. The van der Waals surface area contributed by atoms with Crippen molar-refractivity contribution in [2.75, 3.05) is 13.2 Å². The van der Waals surface area contributed by atoms with Gasteiger partial charge in [0, 0.05) is 6.08 Å². The van der Waals surface area contributed by atoms with Gasteiger partial charge in [-0.25, -0.2) is 14.4 Å². The second-order valence-electron chi connectivity index (χ2n) is 8.96. The number of hydrogen-bond donors (Lipinski definition) is 0. The van der Waals surface area contributed by atoms with Crippen LogP contribution in [0.5, 0.6) is 17.2 Å². The van der Waals surface area contributed by atoms with Crippen LogP contribution in [0.4, 0.5) is 0 Å². The quantitative estimate of drug-likeness (QED) is 0.0996. The maximum Gasteiger partial charge on any atom is 0.343 e. The van der Waals surface area contributed by atoms with Crippen LogP contribution in [0.3, 0.4) is 0 Å². The summed E-state index contributed by atoms with van der Waals surface area (Å²) in [6.07, 6.45) is 5.76. The minimum atomic E-state index is -0.521. The first-order chi connectivity index (χ1) is 18.9. The summed E-state index contributed by atoms with van der Waals surface area (Å²) in [5.41, 5.74) is 2.57. The molecule has 0 unspecified atom stereocenters. The van der Waals surface area contributed by atoms with Crippen molar-refractivity contribution < 1.29 is 33.3 Å². The molecule has 39 heavy (non-hydrogen) atoms. The lowest BCUT2D eigenvalue weighted by Crippen LogP contribution is -2.11. The number of unbranched alkanes of at least 4 members (excludes halogenated alkanes) is 2. The summed E-state index contributed by atoms with van der Waals surface area (Å²) in [6, 6.07) is 19.0. The molecule has 7 heteroatoms. The van der Waals surface area contributed by atoms with E-state index in [0.29, 0.717) is 60.0 Å². The fourth-order valence-corrected chi connectivity index (χ4v) is 3.63. The SMILES string of the molecule is C=CC(=O)OCCCCOc1ccc(C(=O)Oc2ccc(C(=O)Oc3ccc(CCCC)cc3)cc2C)cc1. The summed E-state index contributed by atoms with van der Waals surface area (Å²) in [7, 11) is 0. The average Bonchev–Trinajstić information content (AvgIpc) is 2.95. The molecule has 0 N–H and O–H groups in total. The largest absolute Gasteiger partial charge is 0.494 e. The van der Waals surface area contributed by atoms with Crippen molar-refractivity contribution >= 4 is 17.9 Å². The van der Waals surface area contributed by atoms with E-state index in [0.717, 1.165) is 25.3 Å². The molecule has 0 bridgehead atoms. The van der Waals surface area contributed by atoms with Gasteiger partial charge in [-0.2, -0.15) is 0 Å². The first kappa shape index (κ1) is 29.2. The van der Waals surface area contributed by atoms with E-state index in [-0.39, 0.29) is 0 Å². The number of esters is 3. The predicted molar refractivity (Wildman–Crippen MR) is 148 cm³/mol. The minimum absolute atomic E-state index is 0.313. The third kappa shape index (κ3) is 9.45. The number of ether oxygens (including phenoxy) is 4. The Morgan fingerprint density at radius 1 is 0.769 bits per heavy atom. The molecule has 7 nitrogen and oxygen atoms in total. The Morgan fingerprint density at radius 3 is 2.08 bits per heavy atom. The highest BCUT2D eigenvalue weighted by atomic mass is 16.5. The van der Waals surface area contributed by atoms with Crippen LogP contribution in [0, 0.1) is 6.92 Å². The molecule has 0 amide bonds. The van der Waals surface area contributed by atoms with E-state index in [2.05, 4.69) is 13.5 Å². The second-order valence-corrected chi connectivity index (χ2v) is 8.96. The van der Waals surface area contributed by atoms with Gasteiger partial charge in [-0.05, 0) is 98.3 Å². The number of hydrogen-bond acceptors (Lipinski definition) is 7. The summed E-state index contributed by atoms with van der Waals surface area (Å²) in [5, 5.41) is 0. The highest BCUT2D eigenvalue weighted by Crippen LogP contribution is 2.23. The Morgan fingerprint density at radius 2 is 1.41 bits per heavy atom. The molecular weight excluding hydrogens is 496 g/mol. The number of rotatable bonds is 14. The Kier molecular flexibility index (Phi) is 11.3. The smallest absolute Gasteiger partial charge is 0.343 e. The number of aryl methyl sites for hydroxylation is 2. The van der Waals surface area contributed by atoms with Gasteiger partial charge in [-0.15, -0.1) is 0 Å². The Bertz CT molecular complexity index is 1260. The van der Waals surface area contributed by atoms with Crippen LogP contribution in [0.2, 0.25) is 0 Å². The Balaban J connectivity index is 1.48. The molecule has 0 saturated carbocycles. The zero-order chi connectivity index (χ0) is 28.0. The number of carbonyl (C=O) groups excluding carboxylic acids is 3. The van der Waals surface area contributed by atoms with E-state index >= 15 is 0 Å². The van der Waals surface area contributed by atoms with Crippen molar-refractivity contribution in [3.05, 3.63) is 102 Å². The van der Waals surface area contributed by atoms with Gasteiger partial charge in [-0.1, -0.05) is 32.1 Å². The molecule has 0 aliphatic rings. The summed E-state index contributed by atoms with van der Waals surface area (Å²) in [5.74, 6) is 0.0115. The van der Waals surface area contributed by atoms with Crippen LogP contribution in [-0.2, 0) is 16.0 Å². The van der Waals surface area contributed by atoms with Crippen molar-refractivity contribution in [3.63, 3.8) is 0 Å². The van der Waals surface area contributed by atoms with Crippen LogP contribution in [-0.4, -0.2) is 31.1 Å². The standard InChI is InChI=1S/C32H34O7/c1-4-6-9-24-10-15-28(16-11-24)38-32(35)26-14-19-29(23(3)22-26)39-31(34)25-12-17-27(18-13-25)36-20-7-8-21-37-30(33)5-2/h5,10-19,22H,2,4,6-9,20-21H2,1,3H3. The summed E-state index contributed by atoms with van der Waals surface area (Å²) >= 11 is 0. The molecule has 0 fully saturated rings. The van der Waals surface area contributed by atoms with Gasteiger partial charge in [0.2, 0.25) is 0 Å². The van der Waals surface area contributed by atoms with Crippen LogP contribution in [0.25, 0.3) is 0 Å². The van der Waals surface area contributed by atoms with Crippen molar-refractivity contribution in [1.82, 2.24) is 0 Å². The van der Waals surface area contributed by atoms with Gasteiger partial charge in [0.1, 0.15) is 17.2 Å². The van der Waals surface area contributed by atoms with E-state index in [1.54, 1.807) is 61.5 Å². The predicted octanol–water partition coefficient (Wildman–Crippen LogP) is 6.66. The normalized spacial score (nSPS) is 10.4. The monoisotopic (exact) mass is 530 g/mol. The van der Waals surface area contributed by atoms with E-state index in [9.17, 15) is 14.4 Å². The van der Waals surface area contributed by atoms with Crippen molar-refractivity contribution in [2.45, 2.75) is 46.0 Å². The Labute approximate surface area is 229 Å². The molecule has 0 radical (unpaired) electrons. The van der Waals surface area contributed by atoms with Gasteiger partial charge >= 0.3 is 17.9 Å². The molecule has 0 spiro atoms. The number of carbonyl (C=O) groups is 3. The highest BCUT2D eigenvalue weighted by molar-refractivity contribution is 5.93. The zero-order valence-electron chi connectivity index (χ0n) is 22.4. The number of benzene rings is 3. The van der Waals surface area contributed by atoms with Crippen molar-refractivity contribution in [1.29, 1.82) is 0 Å². The molecule has 0 aliphatic heterocycles. The van der Waals surface area contributed by atoms with E-state index in [1.807, 2.05) is 12.1 Å². The van der Waals surface area contributed by atoms with Crippen LogP contribution in [0.15, 0.2) is 79.4 Å². The third-order valence-electron chi connectivity index (χ3n) is 5.87. The molecular formula is C32H34O7. The summed E-state index contributed by atoms with van der Waals surface area (Å²) < 4.78 is 21.6. The first-order valence-electron chi connectivity index (χ1n) is 13.1. The van der Waals surface area contributed by atoms with Gasteiger partial charge in [0.05, 0.1) is 24.3 Å². The van der Waals surface area contributed by atoms with Gasteiger partial charge < -0.3 is 18.9 Å². The molecule has 204 valence electrons. The Hall–Kier alpha value is -4.39.